The third-order valence-electron chi connectivity index (χ3n) is 11.6. The molecule has 0 fully saturated rings. The highest BCUT2D eigenvalue weighted by Crippen LogP contribution is 2.17. The largest absolute Gasteiger partial charge is 0.394 e. The molecule has 0 unspecified atom stereocenters. The van der Waals surface area contributed by atoms with Crippen molar-refractivity contribution in [3.8, 4) is 0 Å². The van der Waals surface area contributed by atoms with E-state index in [1.807, 2.05) is 0 Å². The molecule has 1 amide bonds. The number of nitrogens with one attached hydrogen (secondary N) is 1. The number of aliphatic hydroxyl groups excluding tert-OH is 2. The number of hydrogen-bond donors (Lipinski definition) is 3. The van der Waals surface area contributed by atoms with Gasteiger partial charge in [0.05, 0.1) is 18.8 Å². The summed E-state index contributed by atoms with van der Waals surface area (Å²) in [6.45, 7) is 4.36. The molecule has 0 aliphatic heterocycles. The van der Waals surface area contributed by atoms with Crippen LogP contribution in [-0.4, -0.2) is 34.9 Å². The minimum absolute atomic E-state index is 0.0272. The average molecular weight is 736 g/mol. The molecule has 52 heavy (non-hydrogen) atoms. The molecule has 0 aromatic rings. The van der Waals surface area contributed by atoms with Crippen LogP contribution in [0.5, 0.6) is 0 Å². The van der Waals surface area contributed by atoms with Crippen LogP contribution in [0.3, 0.4) is 0 Å². The number of amides is 1. The van der Waals surface area contributed by atoms with E-state index in [2.05, 4.69) is 19.2 Å². The van der Waals surface area contributed by atoms with Crippen LogP contribution < -0.4 is 5.32 Å². The van der Waals surface area contributed by atoms with Crippen molar-refractivity contribution in [3.05, 3.63) is 0 Å². The monoisotopic (exact) mass is 736 g/mol. The molecule has 0 radical (unpaired) electrons. The first-order valence-electron chi connectivity index (χ1n) is 24.2. The van der Waals surface area contributed by atoms with Gasteiger partial charge in [0.25, 0.3) is 0 Å². The first-order chi connectivity index (χ1) is 25.7. The van der Waals surface area contributed by atoms with E-state index >= 15 is 0 Å². The van der Waals surface area contributed by atoms with Crippen molar-refractivity contribution in [1.29, 1.82) is 0 Å². The molecule has 4 heteroatoms. The van der Waals surface area contributed by atoms with E-state index in [9.17, 15) is 15.0 Å². The summed E-state index contributed by atoms with van der Waals surface area (Å²) in [7, 11) is 0. The van der Waals surface area contributed by atoms with Crippen molar-refractivity contribution < 1.29 is 15.0 Å². The predicted octanol–water partition coefficient (Wildman–Crippen LogP) is 15.2. The summed E-state index contributed by atoms with van der Waals surface area (Å²) in [5.41, 5.74) is 0. The summed E-state index contributed by atoms with van der Waals surface area (Å²) in [6, 6.07) is -0.528. The molecule has 0 saturated carbocycles. The maximum atomic E-state index is 12.4. The Labute approximate surface area is 327 Å². The van der Waals surface area contributed by atoms with Crippen molar-refractivity contribution in [2.75, 3.05) is 6.61 Å². The van der Waals surface area contributed by atoms with E-state index in [0.29, 0.717) is 12.8 Å². The SMILES string of the molecule is CCCCCCCCCCCCCCCCCCCCCCCCCCCCCCCCCC(=O)N[C@@H](CO)[C@H](O)CCCCCCCCCCC. The van der Waals surface area contributed by atoms with Gasteiger partial charge in [-0.3, -0.25) is 4.79 Å². The predicted molar refractivity (Wildman–Crippen MR) is 230 cm³/mol. The summed E-state index contributed by atoms with van der Waals surface area (Å²) >= 11 is 0. The van der Waals surface area contributed by atoms with E-state index < -0.39 is 12.1 Å². The second-order valence-corrected chi connectivity index (χ2v) is 16.9. The maximum Gasteiger partial charge on any atom is 0.220 e. The summed E-state index contributed by atoms with van der Waals surface area (Å²) in [4.78, 5) is 12.4. The second-order valence-electron chi connectivity index (χ2n) is 16.9. The molecule has 0 heterocycles. The summed E-state index contributed by atoms with van der Waals surface area (Å²) in [5, 5.41) is 23.1. The quantitative estimate of drug-likeness (QED) is 0.0545. The number of hydrogen-bond acceptors (Lipinski definition) is 3. The molecule has 3 N–H and O–H groups in total. The molecule has 0 rings (SSSR count). The van der Waals surface area contributed by atoms with E-state index in [1.165, 1.54) is 231 Å². The molecule has 0 aliphatic carbocycles. The lowest BCUT2D eigenvalue weighted by Gasteiger charge is -2.22. The normalized spacial score (nSPS) is 12.8. The van der Waals surface area contributed by atoms with Crippen LogP contribution in [0.25, 0.3) is 0 Å². The second kappa shape index (κ2) is 44.8. The smallest absolute Gasteiger partial charge is 0.220 e. The van der Waals surface area contributed by atoms with E-state index in [0.717, 1.165) is 25.7 Å². The minimum Gasteiger partial charge on any atom is -0.394 e. The van der Waals surface area contributed by atoms with Crippen LogP contribution in [0.15, 0.2) is 0 Å². The summed E-state index contributed by atoms with van der Waals surface area (Å²) in [6.07, 6.45) is 55.1. The maximum absolute atomic E-state index is 12.4. The van der Waals surface area contributed by atoms with Gasteiger partial charge in [0, 0.05) is 6.42 Å². The Hall–Kier alpha value is -0.610. The van der Waals surface area contributed by atoms with Gasteiger partial charge in [0.1, 0.15) is 0 Å². The average Bonchev–Trinajstić information content (AvgIpc) is 3.15. The fraction of sp³-hybridized carbons (Fsp3) is 0.979. The zero-order chi connectivity index (χ0) is 37.8. The van der Waals surface area contributed by atoms with Gasteiger partial charge in [-0.25, -0.2) is 0 Å². The third kappa shape index (κ3) is 40.6. The van der Waals surface area contributed by atoms with Crippen molar-refractivity contribution in [3.63, 3.8) is 0 Å². The van der Waals surface area contributed by atoms with Gasteiger partial charge in [0.15, 0.2) is 0 Å². The highest BCUT2D eigenvalue weighted by atomic mass is 16.3. The zero-order valence-corrected chi connectivity index (χ0v) is 35.9. The molecule has 0 aromatic carbocycles. The molecule has 0 spiro atoms. The lowest BCUT2D eigenvalue weighted by atomic mass is 10.0. The number of unbranched alkanes of at least 4 members (excludes halogenated alkanes) is 38. The van der Waals surface area contributed by atoms with Gasteiger partial charge in [-0.1, -0.05) is 264 Å². The lowest BCUT2D eigenvalue weighted by Crippen LogP contribution is -2.45. The van der Waals surface area contributed by atoms with Crippen molar-refractivity contribution in [2.45, 2.75) is 296 Å². The van der Waals surface area contributed by atoms with Gasteiger partial charge in [-0.2, -0.15) is 0 Å². The van der Waals surface area contributed by atoms with Crippen molar-refractivity contribution in [1.82, 2.24) is 5.32 Å². The minimum atomic E-state index is -0.651. The summed E-state index contributed by atoms with van der Waals surface area (Å²) < 4.78 is 0. The van der Waals surface area contributed by atoms with E-state index in [1.54, 1.807) is 0 Å². The van der Waals surface area contributed by atoms with Crippen LogP contribution in [0.1, 0.15) is 284 Å². The Morgan fingerprint density at radius 3 is 0.865 bits per heavy atom. The Morgan fingerprint density at radius 1 is 0.385 bits per heavy atom. The van der Waals surface area contributed by atoms with Crippen LogP contribution in [0.4, 0.5) is 0 Å². The van der Waals surface area contributed by atoms with Gasteiger partial charge in [0.2, 0.25) is 5.91 Å². The lowest BCUT2D eigenvalue weighted by molar-refractivity contribution is -0.123. The van der Waals surface area contributed by atoms with Crippen molar-refractivity contribution >= 4 is 5.91 Å². The van der Waals surface area contributed by atoms with E-state index in [4.69, 9.17) is 0 Å². The Kier molecular flexibility index (Phi) is 44.3. The van der Waals surface area contributed by atoms with Gasteiger partial charge < -0.3 is 15.5 Å². The molecule has 4 nitrogen and oxygen atoms in total. The van der Waals surface area contributed by atoms with Gasteiger partial charge in [-0.15, -0.1) is 0 Å². The number of aliphatic hydroxyl groups is 2. The first-order valence-corrected chi connectivity index (χ1v) is 24.2. The molecule has 0 aromatic heterocycles. The number of carbonyl (C=O) groups excluding carboxylic acids is 1. The zero-order valence-electron chi connectivity index (χ0n) is 35.9. The van der Waals surface area contributed by atoms with Crippen LogP contribution >= 0.6 is 0 Å². The fourth-order valence-corrected chi connectivity index (χ4v) is 7.89. The number of rotatable bonds is 45. The first kappa shape index (κ1) is 51.4. The fourth-order valence-electron chi connectivity index (χ4n) is 7.89. The molecule has 0 saturated heterocycles. The number of carbonyl (C=O) groups is 1. The molecular formula is C48H97NO3. The van der Waals surface area contributed by atoms with Crippen LogP contribution in [0, 0.1) is 0 Å². The topological polar surface area (TPSA) is 69.6 Å². The van der Waals surface area contributed by atoms with Crippen LogP contribution in [0.2, 0.25) is 0 Å². The van der Waals surface area contributed by atoms with Gasteiger partial charge in [-0.05, 0) is 12.8 Å². The molecular weight excluding hydrogens is 639 g/mol. The Balaban J connectivity index is 3.33. The van der Waals surface area contributed by atoms with E-state index in [-0.39, 0.29) is 12.5 Å². The standard InChI is InChI=1S/C48H97NO3/c1-3-5-7-9-11-13-14-15-16-17-18-19-20-21-22-23-24-25-26-27-28-29-30-31-32-33-34-36-38-40-42-44-48(52)49-46(45-50)47(51)43-41-39-37-35-12-10-8-6-4-2/h46-47,50-51H,3-45H2,1-2H3,(H,49,52)/t46-,47+/m0/s1. The highest BCUT2D eigenvalue weighted by Gasteiger charge is 2.20. The molecule has 2 atom stereocenters. The summed E-state index contributed by atoms with van der Waals surface area (Å²) in [5.74, 6) is -0.0272. The molecule has 0 bridgehead atoms. The van der Waals surface area contributed by atoms with Gasteiger partial charge >= 0.3 is 0 Å². The van der Waals surface area contributed by atoms with Crippen molar-refractivity contribution in [2.24, 2.45) is 0 Å². The molecule has 312 valence electrons. The Morgan fingerprint density at radius 2 is 0.615 bits per heavy atom. The molecule has 0 aliphatic rings. The highest BCUT2D eigenvalue weighted by molar-refractivity contribution is 5.76. The third-order valence-corrected chi connectivity index (χ3v) is 11.6. The Bertz CT molecular complexity index is 670. The van der Waals surface area contributed by atoms with Crippen LogP contribution in [-0.2, 0) is 4.79 Å².